The summed E-state index contributed by atoms with van der Waals surface area (Å²) in [7, 11) is 0. The molecular weight excluding hydrogens is 234 g/mol. The van der Waals surface area contributed by atoms with Gasteiger partial charge in [0.2, 0.25) is 0 Å². The first-order valence-corrected chi connectivity index (χ1v) is 6.92. The summed E-state index contributed by atoms with van der Waals surface area (Å²) in [6.07, 6.45) is 1.98. The molecule has 0 amide bonds. The number of nitrogens with one attached hydrogen (secondary N) is 1. The van der Waals surface area contributed by atoms with Gasteiger partial charge in [-0.05, 0) is 24.9 Å². The maximum Gasteiger partial charge on any atom is 0.0662 e. The average Bonchev–Trinajstić information content (AvgIpc) is 2.72. The summed E-state index contributed by atoms with van der Waals surface area (Å²) in [4.78, 5) is 0. The van der Waals surface area contributed by atoms with Crippen LogP contribution in [-0.4, -0.2) is 16.3 Å². The summed E-state index contributed by atoms with van der Waals surface area (Å²) in [5, 5.41) is 7.95. The van der Waals surface area contributed by atoms with E-state index in [4.69, 9.17) is 0 Å². The van der Waals surface area contributed by atoms with E-state index in [0.717, 1.165) is 19.6 Å². The van der Waals surface area contributed by atoms with E-state index in [1.807, 2.05) is 12.3 Å². The monoisotopic (exact) mass is 257 g/mol. The minimum Gasteiger partial charge on any atom is -0.312 e. The minimum atomic E-state index is 0.680. The predicted octanol–water partition coefficient (Wildman–Crippen LogP) is 2.99. The van der Waals surface area contributed by atoms with Gasteiger partial charge in [-0.3, -0.25) is 4.68 Å². The SMILES string of the molecule is Cc1c(CNCC(C)C)cnn1Cc1ccccc1. The second kappa shape index (κ2) is 6.53. The first-order chi connectivity index (χ1) is 9.16. The van der Waals surface area contributed by atoms with Gasteiger partial charge in [-0.2, -0.15) is 5.10 Å². The normalized spacial score (nSPS) is 11.2. The third kappa shape index (κ3) is 3.93. The number of hydrogen-bond acceptors (Lipinski definition) is 2. The number of nitrogens with zero attached hydrogens (tertiary/aromatic N) is 2. The lowest BCUT2D eigenvalue weighted by Crippen LogP contribution is -2.19. The lowest BCUT2D eigenvalue weighted by molar-refractivity contribution is 0.551. The van der Waals surface area contributed by atoms with Crippen LogP contribution in [0.15, 0.2) is 36.5 Å². The Kier molecular flexibility index (Phi) is 4.74. The quantitative estimate of drug-likeness (QED) is 0.862. The Labute approximate surface area is 115 Å². The molecule has 0 aliphatic carbocycles. The second-order valence-electron chi connectivity index (χ2n) is 5.42. The Balaban J connectivity index is 1.98. The fourth-order valence-electron chi connectivity index (χ4n) is 2.07. The summed E-state index contributed by atoms with van der Waals surface area (Å²) >= 11 is 0. The van der Waals surface area contributed by atoms with Crippen molar-refractivity contribution in [3.05, 3.63) is 53.3 Å². The highest BCUT2D eigenvalue weighted by atomic mass is 15.3. The van der Waals surface area contributed by atoms with Crippen molar-refractivity contribution in [3.8, 4) is 0 Å². The van der Waals surface area contributed by atoms with Gasteiger partial charge >= 0.3 is 0 Å². The smallest absolute Gasteiger partial charge is 0.0662 e. The van der Waals surface area contributed by atoms with Crippen LogP contribution in [0.25, 0.3) is 0 Å². The Morgan fingerprint density at radius 2 is 1.95 bits per heavy atom. The molecule has 0 saturated carbocycles. The first kappa shape index (κ1) is 13.8. The van der Waals surface area contributed by atoms with Crippen LogP contribution in [0.2, 0.25) is 0 Å². The van der Waals surface area contributed by atoms with Gasteiger partial charge in [-0.25, -0.2) is 0 Å². The molecule has 0 bridgehead atoms. The van der Waals surface area contributed by atoms with E-state index in [9.17, 15) is 0 Å². The van der Waals surface area contributed by atoms with Gasteiger partial charge in [0.15, 0.2) is 0 Å². The molecule has 0 unspecified atom stereocenters. The van der Waals surface area contributed by atoms with Gasteiger partial charge in [0.25, 0.3) is 0 Å². The Hall–Kier alpha value is -1.61. The zero-order valence-corrected chi connectivity index (χ0v) is 12.1. The van der Waals surface area contributed by atoms with Gasteiger partial charge in [0.1, 0.15) is 0 Å². The van der Waals surface area contributed by atoms with E-state index >= 15 is 0 Å². The summed E-state index contributed by atoms with van der Waals surface area (Å²) in [6.45, 7) is 9.37. The fraction of sp³-hybridized carbons (Fsp3) is 0.438. The van der Waals surface area contributed by atoms with Crippen molar-refractivity contribution in [3.63, 3.8) is 0 Å². The molecule has 3 heteroatoms. The van der Waals surface area contributed by atoms with Gasteiger partial charge in [0, 0.05) is 17.8 Å². The molecule has 2 rings (SSSR count). The second-order valence-corrected chi connectivity index (χ2v) is 5.42. The van der Waals surface area contributed by atoms with Crippen molar-refractivity contribution in [2.75, 3.05) is 6.54 Å². The minimum absolute atomic E-state index is 0.680. The van der Waals surface area contributed by atoms with Crippen LogP contribution in [-0.2, 0) is 13.1 Å². The zero-order chi connectivity index (χ0) is 13.7. The van der Waals surface area contributed by atoms with Gasteiger partial charge < -0.3 is 5.32 Å². The van der Waals surface area contributed by atoms with Gasteiger partial charge in [0.05, 0.1) is 12.7 Å². The van der Waals surface area contributed by atoms with Crippen LogP contribution in [0.1, 0.15) is 30.7 Å². The van der Waals surface area contributed by atoms with Crippen molar-refractivity contribution in [2.24, 2.45) is 5.92 Å². The fourth-order valence-corrected chi connectivity index (χ4v) is 2.07. The molecule has 0 fully saturated rings. The highest BCUT2D eigenvalue weighted by molar-refractivity contribution is 5.19. The Morgan fingerprint density at radius 3 is 2.63 bits per heavy atom. The van der Waals surface area contributed by atoms with Crippen molar-refractivity contribution < 1.29 is 0 Å². The van der Waals surface area contributed by atoms with Gasteiger partial charge in [-0.15, -0.1) is 0 Å². The molecule has 19 heavy (non-hydrogen) atoms. The van der Waals surface area contributed by atoms with Crippen molar-refractivity contribution >= 4 is 0 Å². The molecule has 3 nitrogen and oxygen atoms in total. The van der Waals surface area contributed by atoms with E-state index in [1.54, 1.807) is 0 Å². The number of aromatic nitrogens is 2. The number of hydrogen-bond donors (Lipinski definition) is 1. The standard InChI is InChI=1S/C16H23N3/c1-13(2)9-17-10-16-11-18-19(14(16)3)12-15-7-5-4-6-8-15/h4-8,11,13,17H,9-10,12H2,1-3H3. The van der Waals surface area contributed by atoms with Crippen molar-refractivity contribution in [1.82, 2.24) is 15.1 Å². The van der Waals surface area contributed by atoms with Crippen LogP contribution in [0.3, 0.4) is 0 Å². The molecular formula is C16H23N3. The van der Waals surface area contributed by atoms with E-state index in [-0.39, 0.29) is 0 Å². The lowest BCUT2D eigenvalue weighted by atomic mass is 10.2. The highest BCUT2D eigenvalue weighted by Gasteiger charge is 2.06. The van der Waals surface area contributed by atoms with Crippen LogP contribution < -0.4 is 5.32 Å². The van der Waals surface area contributed by atoms with Crippen LogP contribution in [0, 0.1) is 12.8 Å². The average molecular weight is 257 g/mol. The molecule has 2 aromatic rings. The molecule has 0 aliphatic heterocycles. The molecule has 0 atom stereocenters. The Bertz CT molecular complexity index is 500. The zero-order valence-electron chi connectivity index (χ0n) is 12.1. The largest absolute Gasteiger partial charge is 0.312 e. The maximum atomic E-state index is 4.49. The summed E-state index contributed by atoms with van der Waals surface area (Å²) in [5.74, 6) is 0.680. The topological polar surface area (TPSA) is 29.9 Å². The summed E-state index contributed by atoms with van der Waals surface area (Å²) in [5.41, 5.74) is 3.83. The summed E-state index contributed by atoms with van der Waals surface area (Å²) < 4.78 is 2.07. The van der Waals surface area contributed by atoms with Crippen LogP contribution >= 0.6 is 0 Å². The molecule has 102 valence electrons. The molecule has 1 aromatic carbocycles. The predicted molar refractivity (Wildman–Crippen MR) is 79.1 cm³/mol. The molecule has 0 spiro atoms. The highest BCUT2D eigenvalue weighted by Crippen LogP contribution is 2.10. The summed E-state index contributed by atoms with van der Waals surface area (Å²) in [6, 6.07) is 10.5. The van der Waals surface area contributed by atoms with Crippen molar-refractivity contribution in [2.45, 2.75) is 33.9 Å². The Morgan fingerprint density at radius 1 is 1.21 bits per heavy atom. The maximum absolute atomic E-state index is 4.49. The molecule has 0 saturated heterocycles. The van der Waals surface area contributed by atoms with Gasteiger partial charge in [-0.1, -0.05) is 44.2 Å². The lowest BCUT2D eigenvalue weighted by Gasteiger charge is -2.08. The third-order valence-corrected chi connectivity index (χ3v) is 3.25. The van der Waals surface area contributed by atoms with Crippen LogP contribution in [0.5, 0.6) is 0 Å². The molecule has 0 aliphatic rings. The number of benzene rings is 1. The van der Waals surface area contributed by atoms with E-state index < -0.39 is 0 Å². The third-order valence-electron chi connectivity index (χ3n) is 3.25. The molecule has 1 N–H and O–H groups in total. The molecule has 1 aromatic heterocycles. The molecule has 0 radical (unpaired) electrons. The number of rotatable bonds is 6. The first-order valence-electron chi connectivity index (χ1n) is 6.92. The van der Waals surface area contributed by atoms with Crippen LogP contribution in [0.4, 0.5) is 0 Å². The molecule has 1 heterocycles. The van der Waals surface area contributed by atoms with E-state index in [1.165, 1.54) is 16.8 Å². The van der Waals surface area contributed by atoms with E-state index in [2.05, 4.69) is 60.1 Å². The van der Waals surface area contributed by atoms with E-state index in [0.29, 0.717) is 5.92 Å². The van der Waals surface area contributed by atoms with Crippen molar-refractivity contribution in [1.29, 1.82) is 0 Å².